The summed E-state index contributed by atoms with van der Waals surface area (Å²) < 4.78 is 11.6. The fraction of sp³-hybridized carbons (Fsp3) is 0.381. The van der Waals surface area contributed by atoms with Crippen LogP contribution in [-0.2, 0) is 4.79 Å². The summed E-state index contributed by atoms with van der Waals surface area (Å²) in [4.78, 5) is 12.7. The van der Waals surface area contributed by atoms with E-state index < -0.39 is 6.10 Å². The van der Waals surface area contributed by atoms with E-state index in [0.717, 1.165) is 22.6 Å². The minimum Gasteiger partial charge on any atom is -0.493 e. The standard InChI is InChI=1S/C21H24ClNO3/c1-13(2)16-6-4-5-7-20(16)26-14(3)21(24)23-18-10-11-25-19-9-8-15(22)12-17(18)19/h4-9,12-14,18H,10-11H2,1-3H3,(H,23,24). The summed E-state index contributed by atoms with van der Waals surface area (Å²) in [7, 11) is 0. The van der Waals surface area contributed by atoms with Gasteiger partial charge in [-0.15, -0.1) is 0 Å². The van der Waals surface area contributed by atoms with Crippen molar-refractivity contribution in [3.8, 4) is 11.5 Å². The summed E-state index contributed by atoms with van der Waals surface area (Å²) >= 11 is 6.10. The molecule has 0 fully saturated rings. The number of hydrogen-bond acceptors (Lipinski definition) is 3. The van der Waals surface area contributed by atoms with Crippen LogP contribution in [0.1, 0.15) is 50.3 Å². The molecule has 0 saturated carbocycles. The van der Waals surface area contributed by atoms with Crippen molar-refractivity contribution >= 4 is 17.5 Å². The Bertz CT molecular complexity index is 791. The van der Waals surface area contributed by atoms with Crippen LogP contribution in [0.15, 0.2) is 42.5 Å². The minimum atomic E-state index is -0.597. The number of hydrogen-bond donors (Lipinski definition) is 1. The maximum atomic E-state index is 12.7. The molecule has 1 heterocycles. The Hall–Kier alpha value is -2.20. The highest BCUT2D eigenvalue weighted by Crippen LogP contribution is 2.34. The van der Waals surface area contributed by atoms with E-state index in [0.29, 0.717) is 24.0 Å². The van der Waals surface area contributed by atoms with E-state index in [1.165, 1.54) is 0 Å². The third kappa shape index (κ3) is 4.13. The first kappa shape index (κ1) is 18.6. The van der Waals surface area contributed by atoms with Crippen LogP contribution in [0, 0.1) is 0 Å². The number of ether oxygens (including phenoxy) is 2. The van der Waals surface area contributed by atoms with Crippen LogP contribution in [0.3, 0.4) is 0 Å². The van der Waals surface area contributed by atoms with Gasteiger partial charge in [0.1, 0.15) is 11.5 Å². The lowest BCUT2D eigenvalue weighted by molar-refractivity contribution is -0.128. The Morgan fingerprint density at radius 1 is 1.23 bits per heavy atom. The van der Waals surface area contributed by atoms with Gasteiger partial charge >= 0.3 is 0 Å². The predicted molar refractivity (Wildman–Crippen MR) is 103 cm³/mol. The van der Waals surface area contributed by atoms with Crippen LogP contribution in [0.4, 0.5) is 0 Å². The summed E-state index contributed by atoms with van der Waals surface area (Å²) in [5.41, 5.74) is 2.00. The number of amides is 1. The highest BCUT2D eigenvalue weighted by Gasteiger charge is 2.26. The second-order valence-electron chi connectivity index (χ2n) is 6.83. The highest BCUT2D eigenvalue weighted by molar-refractivity contribution is 6.30. The second kappa shape index (κ2) is 8.00. The van der Waals surface area contributed by atoms with Crippen molar-refractivity contribution in [1.82, 2.24) is 5.32 Å². The first-order chi connectivity index (χ1) is 12.5. The van der Waals surface area contributed by atoms with E-state index in [4.69, 9.17) is 21.1 Å². The highest BCUT2D eigenvalue weighted by atomic mass is 35.5. The van der Waals surface area contributed by atoms with Gasteiger partial charge in [0.15, 0.2) is 6.10 Å². The molecule has 0 radical (unpaired) electrons. The van der Waals surface area contributed by atoms with Crippen molar-refractivity contribution in [1.29, 1.82) is 0 Å². The maximum Gasteiger partial charge on any atom is 0.261 e. The molecule has 2 atom stereocenters. The Kier molecular flexibility index (Phi) is 5.72. The first-order valence-electron chi connectivity index (χ1n) is 8.94. The lowest BCUT2D eigenvalue weighted by Gasteiger charge is -2.28. The van der Waals surface area contributed by atoms with Crippen molar-refractivity contribution in [3.63, 3.8) is 0 Å². The number of rotatable bonds is 5. The van der Waals surface area contributed by atoms with Gasteiger partial charge in [-0.25, -0.2) is 0 Å². The molecule has 1 N–H and O–H groups in total. The van der Waals surface area contributed by atoms with Gasteiger partial charge in [0, 0.05) is 17.0 Å². The van der Waals surface area contributed by atoms with E-state index in [2.05, 4.69) is 19.2 Å². The SMILES string of the molecule is CC(Oc1ccccc1C(C)C)C(=O)NC1CCOc2ccc(Cl)cc21. The Morgan fingerprint density at radius 2 is 2.00 bits per heavy atom. The first-order valence-corrected chi connectivity index (χ1v) is 9.31. The van der Waals surface area contributed by atoms with E-state index in [1.54, 1.807) is 13.0 Å². The lowest BCUT2D eigenvalue weighted by Crippen LogP contribution is -2.40. The van der Waals surface area contributed by atoms with E-state index in [-0.39, 0.29) is 11.9 Å². The molecule has 138 valence electrons. The van der Waals surface area contributed by atoms with Crippen LogP contribution in [0.5, 0.6) is 11.5 Å². The van der Waals surface area contributed by atoms with Gasteiger partial charge < -0.3 is 14.8 Å². The van der Waals surface area contributed by atoms with Gasteiger partial charge in [-0.3, -0.25) is 4.79 Å². The van der Waals surface area contributed by atoms with Crippen molar-refractivity contribution in [2.24, 2.45) is 0 Å². The Labute approximate surface area is 159 Å². The second-order valence-corrected chi connectivity index (χ2v) is 7.27. The zero-order valence-corrected chi connectivity index (χ0v) is 16.0. The fourth-order valence-electron chi connectivity index (χ4n) is 3.11. The summed E-state index contributed by atoms with van der Waals surface area (Å²) in [6.45, 7) is 6.54. The van der Waals surface area contributed by atoms with Crippen LogP contribution >= 0.6 is 11.6 Å². The molecule has 2 aromatic rings. The molecule has 2 unspecified atom stereocenters. The monoisotopic (exact) mass is 373 g/mol. The lowest BCUT2D eigenvalue weighted by atomic mass is 10.0. The molecular weight excluding hydrogens is 350 g/mol. The molecule has 4 nitrogen and oxygen atoms in total. The number of carbonyl (C=O) groups excluding carboxylic acids is 1. The van der Waals surface area contributed by atoms with E-state index in [9.17, 15) is 4.79 Å². The molecule has 2 aromatic carbocycles. The van der Waals surface area contributed by atoms with Crippen LogP contribution in [0.25, 0.3) is 0 Å². The molecule has 1 aliphatic heterocycles. The zero-order chi connectivity index (χ0) is 18.7. The molecule has 0 saturated heterocycles. The number of carbonyl (C=O) groups is 1. The number of halogens is 1. The van der Waals surface area contributed by atoms with Crippen molar-refractivity contribution in [3.05, 3.63) is 58.6 Å². The number of benzene rings is 2. The van der Waals surface area contributed by atoms with E-state index in [1.807, 2.05) is 36.4 Å². The van der Waals surface area contributed by atoms with Crippen LogP contribution in [0.2, 0.25) is 5.02 Å². The predicted octanol–water partition coefficient (Wildman–Crippen LogP) is 4.87. The van der Waals surface area contributed by atoms with Crippen LogP contribution < -0.4 is 14.8 Å². The van der Waals surface area contributed by atoms with E-state index >= 15 is 0 Å². The van der Waals surface area contributed by atoms with Crippen molar-refractivity contribution in [2.75, 3.05) is 6.61 Å². The van der Waals surface area contributed by atoms with Gasteiger partial charge in [-0.2, -0.15) is 0 Å². The van der Waals surface area contributed by atoms with Gasteiger partial charge in [0.05, 0.1) is 12.6 Å². The summed E-state index contributed by atoms with van der Waals surface area (Å²) in [6, 6.07) is 13.2. The molecule has 0 bridgehead atoms. The summed E-state index contributed by atoms with van der Waals surface area (Å²) in [6.07, 6.45) is 0.106. The topological polar surface area (TPSA) is 47.6 Å². The summed E-state index contributed by atoms with van der Waals surface area (Å²) in [5.74, 6) is 1.69. The molecule has 0 aromatic heterocycles. The molecule has 0 spiro atoms. The van der Waals surface area contributed by atoms with Crippen molar-refractivity contribution < 1.29 is 14.3 Å². The smallest absolute Gasteiger partial charge is 0.261 e. The molecular formula is C21H24ClNO3. The normalized spacial score (nSPS) is 17.2. The van der Waals surface area contributed by atoms with Crippen LogP contribution in [-0.4, -0.2) is 18.6 Å². The third-order valence-corrected chi connectivity index (χ3v) is 4.78. The average molecular weight is 374 g/mol. The number of para-hydroxylation sites is 1. The van der Waals surface area contributed by atoms with Gasteiger partial charge in [-0.1, -0.05) is 43.6 Å². The number of nitrogens with one attached hydrogen (secondary N) is 1. The maximum absolute atomic E-state index is 12.7. The largest absolute Gasteiger partial charge is 0.493 e. The molecule has 1 amide bonds. The third-order valence-electron chi connectivity index (χ3n) is 4.54. The average Bonchev–Trinajstić information content (AvgIpc) is 2.62. The number of fused-ring (bicyclic) bond motifs is 1. The van der Waals surface area contributed by atoms with Gasteiger partial charge in [0.25, 0.3) is 5.91 Å². The molecule has 1 aliphatic rings. The Balaban J connectivity index is 1.71. The zero-order valence-electron chi connectivity index (χ0n) is 15.3. The quantitative estimate of drug-likeness (QED) is 0.813. The Morgan fingerprint density at radius 3 is 2.77 bits per heavy atom. The molecule has 3 rings (SSSR count). The molecule has 26 heavy (non-hydrogen) atoms. The van der Waals surface area contributed by atoms with Gasteiger partial charge in [0.2, 0.25) is 0 Å². The molecule has 0 aliphatic carbocycles. The summed E-state index contributed by atoms with van der Waals surface area (Å²) in [5, 5.41) is 3.70. The van der Waals surface area contributed by atoms with Gasteiger partial charge in [-0.05, 0) is 42.7 Å². The van der Waals surface area contributed by atoms with Crippen molar-refractivity contribution in [2.45, 2.75) is 45.3 Å². The fourth-order valence-corrected chi connectivity index (χ4v) is 3.29. The minimum absolute atomic E-state index is 0.128. The molecule has 5 heteroatoms.